The van der Waals surface area contributed by atoms with Crippen molar-refractivity contribution in [1.82, 2.24) is 9.88 Å². The van der Waals surface area contributed by atoms with Gasteiger partial charge in [-0.05, 0) is 97.5 Å². The average molecular weight is 441 g/mol. The van der Waals surface area contributed by atoms with Gasteiger partial charge in [0.05, 0.1) is 0 Å². The smallest absolute Gasteiger partial charge is 0.113 e. The van der Waals surface area contributed by atoms with E-state index < -0.39 is 0 Å². The molecule has 0 amide bonds. The van der Waals surface area contributed by atoms with Crippen LogP contribution in [-0.4, -0.2) is 29.5 Å². The van der Waals surface area contributed by atoms with Gasteiger partial charge in [0.15, 0.2) is 0 Å². The van der Waals surface area contributed by atoms with Crippen LogP contribution >= 0.6 is 11.6 Å². The molecule has 2 aromatic carbocycles. The van der Waals surface area contributed by atoms with E-state index in [1.807, 2.05) is 36.5 Å². The van der Waals surface area contributed by atoms with Gasteiger partial charge in [0, 0.05) is 28.9 Å². The Morgan fingerprint density at radius 2 is 1.62 bits per heavy atom. The fourth-order valence-electron chi connectivity index (χ4n) is 4.66. The van der Waals surface area contributed by atoms with Crippen LogP contribution in [-0.2, 0) is 0 Å². The Balaban J connectivity index is 1.17. The quantitative estimate of drug-likeness (QED) is 0.423. The Kier molecular flexibility index (Phi) is 6.30. The number of pyridine rings is 1. The predicted octanol–water partition coefficient (Wildman–Crippen LogP) is 6.64. The summed E-state index contributed by atoms with van der Waals surface area (Å²) in [5.41, 5.74) is 5.46. The van der Waals surface area contributed by atoms with Crippen molar-refractivity contribution in [2.24, 2.45) is 11.8 Å². The van der Waals surface area contributed by atoms with E-state index in [4.69, 9.17) is 11.6 Å². The maximum absolute atomic E-state index is 5.97. The minimum atomic E-state index is 0.735. The van der Waals surface area contributed by atoms with Crippen LogP contribution in [0.25, 0.3) is 11.1 Å². The molecule has 3 aromatic rings. The molecule has 0 bridgehead atoms. The van der Waals surface area contributed by atoms with Crippen LogP contribution in [0.3, 0.4) is 0 Å². The number of benzene rings is 2. The van der Waals surface area contributed by atoms with Crippen molar-refractivity contribution in [2.75, 3.05) is 19.6 Å². The molecule has 2 atom stereocenters. The number of hydrogen-bond donors (Lipinski definition) is 0. The third-order valence-electron chi connectivity index (χ3n) is 6.91. The topological polar surface area (TPSA) is 16.1 Å². The lowest BCUT2D eigenvalue weighted by molar-refractivity contribution is 0.185. The minimum absolute atomic E-state index is 0.735. The highest BCUT2D eigenvalue weighted by molar-refractivity contribution is 6.30. The molecule has 1 saturated carbocycles. The molecule has 3 heteroatoms. The van der Waals surface area contributed by atoms with Crippen LogP contribution in [0.2, 0.25) is 5.02 Å². The molecule has 5 rings (SSSR count). The van der Waals surface area contributed by atoms with Gasteiger partial charge >= 0.3 is 0 Å². The largest absolute Gasteiger partial charge is 0.303 e. The Labute approximate surface area is 196 Å². The number of piperidine rings is 1. The van der Waals surface area contributed by atoms with Crippen LogP contribution in [0.5, 0.6) is 0 Å². The summed E-state index contributed by atoms with van der Waals surface area (Å²) < 4.78 is 0. The molecule has 1 aliphatic heterocycles. The molecule has 32 heavy (non-hydrogen) atoms. The molecule has 1 aliphatic carbocycles. The van der Waals surface area contributed by atoms with Gasteiger partial charge in [0.1, 0.15) is 5.69 Å². The van der Waals surface area contributed by atoms with Gasteiger partial charge in [-0.25, -0.2) is 4.98 Å². The number of likely N-dealkylation sites (tertiary alicyclic amines) is 1. The van der Waals surface area contributed by atoms with Crippen LogP contribution < -0.4 is 0 Å². The summed E-state index contributed by atoms with van der Waals surface area (Å²) in [6, 6.07) is 20.7. The van der Waals surface area contributed by atoms with Crippen molar-refractivity contribution in [3.63, 3.8) is 0 Å². The third kappa shape index (κ3) is 5.23. The van der Waals surface area contributed by atoms with E-state index in [-0.39, 0.29) is 0 Å². The molecule has 2 heterocycles. The van der Waals surface area contributed by atoms with E-state index in [0.717, 1.165) is 45.2 Å². The predicted molar refractivity (Wildman–Crippen MR) is 133 cm³/mol. The number of halogens is 1. The van der Waals surface area contributed by atoms with Crippen molar-refractivity contribution in [2.45, 2.75) is 32.1 Å². The van der Waals surface area contributed by atoms with Gasteiger partial charge in [-0.1, -0.05) is 54.8 Å². The Hall–Kier alpha value is -2.60. The first-order valence-corrected chi connectivity index (χ1v) is 12.1. The van der Waals surface area contributed by atoms with E-state index in [9.17, 15) is 0 Å². The monoisotopic (exact) mass is 440 g/mol. The minimum Gasteiger partial charge on any atom is -0.303 e. The summed E-state index contributed by atoms with van der Waals surface area (Å²) in [7, 11) is 0. The first-order chi connectivity index (χ1) is 15.6. The van der Waals surface area contributed by atoms with Crippen molar-refractivity contribution >= 4 is 11.6 Å². The van der Waals surface area contributed by atoms with E-state index >= 15 is 0 Å². The molecule has 1 aromatic heterocycles. The van der Waals surface area contributed by atoms with Crippen molar-refractivity contribution in [3.8, 4) is 23.0 Å². The van der Waals surface area contributed by atoms with E-state index in [0.29, 0.717) is 0 Å². The van der Waals surface area contributed by atoms with E-state index in [2.05, 4.69) is 59.0 Å². The van der Waals surface area contributed by atoms with Gasteiger partial charge < -0.3 is 4.90 Å². The lowest BCUT2D eigenvalue weighted by Gasteiger charge is -2.30. The van der Waals surface area contributed by atoms with Crippen molar-refractivity contribution in [1.29, 1.82) is 0 Å². The fourth-order valence-corrected chi connectivity index (χ4v) is 4.79. The van der Waals surface area contributed by atoms with Crippen LogP contribution in [0.1, 0.15) is 48.9 Å². The molecule has 1 saturated heterocycles. The Bertz CT molecular complexity index is 1100. The average Bonchev–Trinajstić information content (AvgIpc) is 3.59. The number of hydrogen-bond acceptors (Lipinski definition) is 2. The fraction of sp³-hybridized carbons (Fsp3) is 0.345. The molecule has 0 N–H and O–H groups in total. The Morgan fingerprint density at radius 3 is 2.31 bits per heavy atom. The summed E-state index contributed by atoms with van der Waals surface area (Å²) in [5, 5.41) is 0.740. The highest BCUT2D eigenvalue weighted by Crippen LogP contribution is 2.48. The number of aromatic nitrogens is 1. The van der Waals surface area contributed by atoms with Crippen LogP contribution in [0.4, 0.5) is 0 Å². The summed E-state index contributed by atoms with van der Waals surface area (Å²) in [6.07, 6.45) is 5.93. The molecule has 2 aliphatic rings. The molecule has 0 radical (unpaired) electrons. The summed E-state index contributed by atoms with van der Waals surface area (Å²) in [5.74, 6) is 8.93. The van der Waals surface area contributed by atoms with Gasteiger partial charge in [0.25, 0.3) is 0 Å². The molecule has 0 spiro atoms. The highest BCUT2D eigenvalue weighted by atomic mass is 35.5. The first kappa shape index (κ1) is 21.3. The maximum atomic E-state index is 5.97. The lowest BCUT2D eigenvalue weighted by Crippen LogP contribution is -2.34. The lowest BCUT2D eigenvalue weighted by atomic mass is 9.99. The van der Waals surface area contributed by atoms with Crippen molar-refractivity contribution < 1.29 is 0 Å². The second-order valence-corrected chi connectivity index (χ2v) is 9.83. The third-order valence-corrected chi connectivity index (χ3v) is 7.16. The molecular weight excluding hydrogens is 412 g/mol. The zero-order chi connectivity index (χ0) is 21.9. The summed E-state index contributed by atoms with van der Waals surface area (Å²) >= 11 is 5.97. The second kappa shape index (κ2) is 9.49. The zero-order valence-corrected chi connectivity index (χ0v) is 19.4. The zero-order valence-electron chi connectivity index (χ0n) is 18.6. The van der Waals surface area contributed by atoms with Crippen LogP contribution in [0.15, 0.2) is 66.9 Å². The molecular formula is C29H29ClN2. The standard InChI is InChI=1S/C29H29ClN2/c1-21-14-16-32(17-15-21)20-26-18-29(26)24-5-2-22(3-6-24)4-12-28-13-9-25(19-31-28)23-7-10-27(30)11-8-23/h2-3,5-11,13,19,21,26,29H,14-18,20H2,1H3/t26-,29-/m0/s1. The van der Waals surface area contributed by atoms with Crippen LogP contribution in [0, 0.1) is 23.7 Å². The molecule has 2 fully saturated rings. The van der Waals surface area contributed by atoms with Gasteiger partial charge in [-0.2, -0.15) is 0 Å². The highest BCUT2D eigenvalue weighted by Gasteiger charge is 2.39. The second-order valence-electron chi connectivity index (χ2n) is 9.40. The van der Waals surface area contributed by atoms with Crippen molar-refractivity contribution in [3.05, 3.63) is 88.7 Å². The van der Waals surface area contributed by atoms with E-state index in [1.54, 1.807) is 0 Å². The molecule has 162 valence electrons. The maximum Gasteiger partial charge on any atom is 0.113 e. The van der Waals surface area contributed by atoms with E-state index in [1.165, 1.54) is 44.5 Å². The molecule has 0 unspecified atom stereocenters. The summed E-state index contributed by atoms with van der Waals surface area (Å²) in [4.78, 5) is 7.18. The SMILES string of the molecule is CC1CCN(C[C@@H]2C[C@H]2c2ccc(C#Cc3ccc(-c4ccc(Cl)cc4)cn3)cc2)CC1. The van der Waals surface area contributed by atoms with Gasteiger partial charge in [-0.15, -0.1) is 0 Å². The van der Waals surface area contributed by atoms with Gasteiger partial charge in [0.2, 0.25) is 0 Å². The number of nitrogens with zero attached hydrogens (tertiary/aromatic N) is 2. The van der Waals surface area contributed by atoms with Gasteiger partial charge in [-0.3, -0.25) is 0 Å². The normalized spacial score (nSPS) is 21.1. The first-order valence-electron chi connectivity index (χ1n) is 11.7. The number of rotatable bonds is 4. The molecule has 2 nitrogen and oxygen atoms in total. The Morgan fingerprint density at radius 1 is 0.906 bits per heavy atom. The summed E-state index contributed by atoms with van der Waals surface area (Å²) in [6.45, 7) is 6.23.